The van der Waals surface area contributed by atoms with Crippen LogP contribution < -0.4 is 10.0 Å². The van der Waals surface area contributed by atoms with Gasteiger partial charge in [0.2, 0.25) is 5.88 Å². The summed E-state index contributed by atoms with van der Waals surface area (Å²) in [5, 5.41) is 7.38. The molecule has 1 fully saturated rings. The number of benzene rings is 1. The molecule has 1 saturated heterocycles. The Morgan fingerprint density at radius 3 is 2.54 bits per heavy atom. The summed E-state index contributed by atoms with van der Waals surface area (Å²) in [6.07, 6.45) is 3.61. The van der Waals surface area contributed by atoms with Crippen molar-refractivity contribution in [3.8, 4) is 0 Å². The molecule has 3 rings (SSSR count). The largest absolute Gasteiger partial charge is 0.480 e. The molecule has 2 N–H and O–H groups in total. The first kappa shape index (κ1) is 20.6. The molecule has 0 spiro atoms. The van der Waals surface area contributed by atoms with E-state index in [0.717, 1.165) is 31.7 Å². The summed E-state index contributed by atoms with van der Waals surface area (Å²) in [4.78, 5) is 0.123. The molecule has 0 aliphatic carbocycles. The standard InChI is InChI=1S/C19H27FN4O3S/c1-15(14-20)16-5-7-17(8-6-16)28(25,26)22-18-4-3-11-24(19(18)27-2)23-12-9-21-10-13-23/h3-8,15,21-22H,9-14H2,1-2H3/t15-/m1/s1. The number of hydrogen-bond donors (Lipinski definition) is 2. The van der Waals surface area contributed by atoms with Gasteiger partial charge in [-0.05, 0) is 23.8 Å². The number of piperazine rings is 1. The van der Waals surface area contributed by atoms with Crippen molar-refractivity contribution in [3.05, 3.63) is 53.6 Å². The van der Waals surface area contributed by atoms with Crippen molar-refractivity contribution in [3.63, 3.8) is 0 Å². The molecule has 0 saturated carbocycles. The summed E-state index contributed by atoms with van der Waals surface area (Å²) in [6.45, 7) is 5.24. The lowest BCUT2D eigenvalue weighted by Gasteiger charge is -2.40. The minimum absolute atomic E-state index is 0.123. The molecule has 1 aromatic rings. The molecule has 1 atom stereocenters. The number of nitrogens with zero attached hydrogens (tertiary/aromatic N) is 2. The molecular formula is C19H27FN4O3S. The number of ether oxygens (including phenoxy) is 1. The highest BCUT2D eigenvalue weighted by Gasteiger charge is 2.27. The van der Waals surface area contributed by atoms with Crippen LogP contribution in [0.4, 0.5) is 4.39 Å². The van der Waals surface area contributed by atoms with E-state index >= 15 is 0 Å². The molecule has 2 heterocycles. The van der Waals surface area contributed by atoms with E-state index in [-0.39, 0.29) is 10.8 Å². The fourth-order valence-electron chi connectivity index (χ4n) is 3.26. The Morgan fingerprint density at radius 1 is 1.25 bits per heavy atom. The number of hydrogen-bond acceptors (Lipinski definition) is 6. The predicted molar refractivity (Wildman–Crippen MR) is 105 cm³/mol. The molecule has 0 unspecified atom stereocenters. The van der Waals surface area contributed by atoms with Crippen LogP contribution in [0, 0.1) is 0 Å². The second-order valence-corrected chi connectivity index (χ2v) is 8.52. The van der Waals surface area contributed by atoms with E-state index in [9.17, 15) is 12.8 Å². The smallest absolute Gasteiger partial charge is 0.262 e. The van der Waals surface area contributed by atoms with Crippen LogP contribution in [0.1, 0.15) is 18.4 Å². The molecule has 7 nitrogen and oxygen atoms in total. The molecule has 28 heavy (non-hydrogen) atoms. The topological polar surface area (TPSA) is 73.9 Å². The van der Waals surface area contributed by atoms with E-state index in [4.69, 9.17) is 4.74 Å². The average molecular weight is 411 g/mol. The van der Waals surface area contributed by atoms with Gasteiger partial charge in [-0.15, -0.1) is 0 Å². The van der Waals surface area contributed by atoms with Gasteiger partial charge in [-0.3, -0.25) is 14.1 Å². The molecule has 0 aromatic heterocycles. The number of allylic oxidation sites excluding steroid dienone is 1. The van der Waals surface area contributed by atoms with Crippen LogP contribution in [0.2, 0.25) is 0 Å². The number of hydrazine groups is 1. The van der Waals surface area contributed by atoms with Crippen LogP contribution in [-0.4, -0.2) is 64.9 Å². The van der Waals surface area contributed by atoms with Crippen LogP contribution in [-0.2, 0) is 14.8 Å². The van der Waals surface area contributed by atoms with Gasteiger partial charge in [-0.2, -0.15) is 0 Å². The molecule has 9 heteroatoms. The van der Waals surface area contributed by atoms with Crippen molar-refractivity contribution in [2.45, 2.75) is 17.7 Å². The Labute approximate surface area is 165 Å². The summed E-state index contributed by atoms with van der Waals surface area (Å²) in [7, 11) is -2.26. The molecule has 2 aliphatic heterocycles. The zero-order chi connectivity index (χ0) is 20.1. The molecule has 154 valence electrons. The zero-order valence-electron chi connectivity index (χ0n) is 16.2. The summed E-state index contributed by atoms with van der Waals surface area (Å²) in [5.74, 6) is 0.206. The Balaban J connectivity index is 1.82. The van der Waals surface area contributed by atoms with Crippen molar-refractivity contribution in [2.75, 3.05) is 46.5 Å². The van der Waals surface area contributed by atoms with Gasteiger partial charge in [0.15, 0.2) is 0 Å². The minimum atomic E-state index is -3.80. The number of rotatable bonds is 7. The first-order valence-electron chi connectivity index (χ1n) is 9.33. The van der Waals surface area contributed by atoms with Crippen LogP contribution in [0.5, 0.6) is 0 Å². The fraction of sp³-hybridized carbons (Fsp3) is 0.474. The van der Waals surface area contributed by atoms with Gasteiger partial charge in [0.1, 0.15) is 5.70 Å². The second kappa shape index (κ2) is 8.93. The Bertz CT molecular complexity index is 833. The van der Waals surface area contributed by atoms with Crippen molar-refractivity contribution < 1.29 is 17.5 Å². The minimum Gasteiger partial charge on any atom is -0.480 e. The Kier molecular flexibility index (Phi) is 6.58. The third-order valence-corrected chi connectivity index (χ3v) is 6.27. The van der Waals surface area contributed by atoms with Gasteiger partial charge in [0.05, 0.1) is 25.2 Å². The summed E-state index contributed by atoms with van der Waals surface area (Å²) in [5.41, 5.74) is 1.15. The monoisotopic (exact) mass is 410 g/mol. The van der Waals surface area contributed by atoms with Crippen molar-refractivity contribution in [1.82, 2.24) is 20.1 Å². The lowest BCUT2D eigenvalue weighted by molar-refractivity contribution is -0.0432. The second-order valence-electron chi connectivity index (χ2n) is 6.84. The van der Waals surface area contributed by atoms with Gasteiger partial charge in [0, 0.05) is 32.1 Å². The van der Waals surface area contributed by atoms with Crippen LogP contribution in [0.15, 0.2) is 52.9 Å². The Hall–Kier alpha value is -2.10. The molecule has 0 amide bonds. The Morgan fingerprint density at radius 2 is 1.93 bits per heavy atom. The SMILES string of the molecule is COC1=C(NS(=O)(=O)c2ccc([C@H](C)CF)cc2)C=CCN1N1CCNCC1. The highest BCUT2D eigenvalue weighted by atomic mass is 32.2. The van der Waals surface area contributed by atoms with E-state index in [1.165, 1.54) is 19.2 Å². The quantitative estimate of drug-likeness (QED) is 0.711. The van der Waals surface area contributed by atoms with Gasteiger partial charge in [-0.25, -0.2) is 13.4 Å². The van der Waals surface area contributed by atoms with Crippen LogP contribution in [0.3, 0.4) is 0 Å². The number of alkyl halides is 1. The van der Waals surface area contributed by atoms with E-state index in [1.807, 2.05) is 11.1 Å². The van der Waals surface area contributed by atoms with E-state index in [2.05, 4.69) is 15.0 Å². The average Bonchev–Trinajstić information content (AvgIpc) is 2.73. The first-order chi connectivity index (χ1) is 13.5. The number of halogens is 1. The molecule has 0 radical (unpaired) electrons. The highest BCUT2D eigenvalue weighted by molar-refractivity contribution is 7.89. The van der Waals surface area contributed by atoms with Gasteiger partial charge in [-0.1, -0.05) is 25.1 Å². The first-order valence-corrected chi connectivity index (χ1v) is 10.8. The van der Waals surface area contributed by atoms with Crippen LogP contribution >= 0.6 is 0 Å². The van der Waals surface area contributed by atoms with Gasteiger partial charge >= 0.3 is 0 Å². The van der Waals surface area contributed by atoms with Gasteiger partial charge < -0.3 is 10.1 Å². The molecule has 1 aromatic carbocycles. The summed E-state index contributed by atoms with van der Waals surface area (Å²) >= 11 is 0. The van der Waals surface area contributed by atoms with E-state index < -0.39 is 16.7 Å². The lowest BCUT2D eigenvalue weighted by atomic mass is 10.0. The molecule has 2 aliphatic rings. The van der Waals surface area contributed by atoms with Crippen molar-refractivity contribution in [1.29, 1.82) is 0 Å². The van der Waals surface area contributed by atoms with Crippen molar-refractivity contribution in [2.24, 2.45) is 0 Å². The maximum absolute atomic E-state index is 12.8. The van der Waals surface area contributed by atoms with Gasteiger partial charge in [0.25, 0.3) is 10.0 Å². The van der Waals surface area contributed by atoms with Crippen molar-refractivity contribution >= 4 is 10.0 Å². The van der Waals surface area contributed by atoms with E-state index in [1.54, 1.807) is 25.1 Å². The molecular weight excluding hydrogens is 383 g/mol. The summed E-state index contributed by atoms with van der Waals surface area (Å²) < 4.78 is 46.7. The number of methoxy groups -OCH3 is 1. The normalized spacial score (nSPS) is 19.6. The lowest BCUT2D eigenvalue weighted by Crippen LogP contribution is -2.53. The van der Waals surface area contributed by atoms with Crippen LogP contribution in [0.25, 0.3) is 0 Å². The maximum atomic E-state index is 12.8. The number of nitrogens with one attached hydrogen (secondary N) is 2. The zero-order valence-corrected chi connectivity index (χ0v) is 17.0. The fourth-order valence-corrected chi connectivity index (χ4v) is 4.32. The number of sulfonamides is 1. The predicted octanol–water partition coefficient (Wildman–Crippen LogP) is 1.55. The molecule has 0 bridgehead atoms. The third-order valence-electron chi connectivity index (χ3n) is 4.89. The maximum Gasteiger partial charge on any atom is 0.262 e. The van der Waals surface area contributed by atoms with E-state index in [0.29, 0.717) is 18.1 Å². The third kappa shape index (κ3) is 4.48. The summed E-state index contributed by atoms with van der Waals surface area (Å²) in [6, 6.07) is 6.29. The highest BCUT2D eigenvalue weighted by Crippen LogP contribution is 2.22.